The lowest BCUT2D eigenvalue weighted by atomic mass is 10.2. The fourth-order valence-corrected chi connectivity index (χ4v) is 4.26. The van der Waals surface area contributed by atoms with Gasteiger partial charge in [0.05, 0.1) is 36.5 Å². The van der Waals surface area contributed by atoms with Crippen molar-refractivity contribution in [2.45, 2.75) is 32.3 Å². The summed E-state index contributed by atoms with van der Waals surface area (Å²) in [6.45, 7) is 4.03. The van der Waals surface area contributed by atoms with Crippen LogP contribution in [0, 0.1) is 5.82 Å². The molecule has 0 radical (unpaired) electrons. The summed E-state index contributed by atoms with van der Waals surface area (Å²) in [6, 6.07) is 4.82. The molecule has 3 aromatic rings. The molecular weight excluding hydrogens is 469 g/mol. The molecule has 2 aromatic heterocycles. The molecule has 0 spiro atoms. The minimum absolute atomic E-state index is 0.0325. The lowest BCUT2D eigenvalue weighted by molar-refractivity contribution is -0.139. The van der Waals surface area contributed by atoms with Gasteiger partial charge in [-0.25, -0.2) is 17.8 Å². The van der Waals surface area contributed by atoms with Crippen LogP contribution in [0.5, 0.6) is 0 Å². The molecule has 0 bridgehead atoms. The van der Waals surface area contributed by atoms with Crippen LogP contribution < -0.4 is 21.2 Å². The van der Waals surface area contributed by atoms with E-state index in [4.69, 9.17) is 9.47 Å². The predicted octanol–water partition coefficient (Wildman–Crippen LogP) is 1.50. The molecule has 182 valence electrons. The highest BCUT2D eigenvalue weighted by atomic mass is 32.2. The molecule has 1 aliphatic heterocycles. The maximum absolute atomic E-state index is 14.7. The van der Waals surface area contributed by atoms with Crippen LogP contribution in [0.2, 0.25) is 0 Å². The molecule has 1 saturated heterocycles. The Morgan fingerprint density at radius 1 is 1.24 bits per heavy atom. The average Bonchev–Trinajstić information content (AvgIpc) is 3.06. The fourth-order valence-electron chi connectivity index (χ4n) is 3.71. The van der Waals surface area contributed by atoms with Crippen LogP contribution in [0.15, 0.2) is 40.2 Å². The quantitative estimate of drug-likeness (QED) is 0.528. The number of nitrogens with one attached hydrogen (secondary N) is 2. The maximum Gasteiger partial charge on any atom is 0.264 e. The average molecular weight is 494 g/mol. The van der Waals surface area contributed by atoms with Gasteiger partial charge in [0, 0.05) is 19.2 Å². The second-order valence-corrected chi connectivity index (χ2v) is 10.2. The van der Waals surface area contributed by atoms with Gasteiger partial charge in [0.2, 0.25) is 10.0 Å². The normalized spacial score (nSPS) is 17.7. The molecule has 34 heavy (non-hydrogen) atoms. The number of halogens is 1. The summed E-state index contributed by atoms with van der Waals surface area (Å²) < 4.78 is 53.5. The van der Waals surface area contributed by atoms with Gasteiger partial charge in [-0.15, -0.1) is 0 Å². The Morgan fingerprint density at radius 3 is 2.59 bits per heavy atom. The largest absolute Gasteiger partial charge is 0.352 e. The minimum atomic E-state index is -3.59. The van der Waals surface area contributed by atoms with Gasteiger partial charge in [0.25, 0.3) is 11.1 Å². The van der Waals surface area contributed by atoms with E-state index in [0.29, 0.717) is 6.61 Å². The molecule has 0 amide bonds. The summed E-state index contributed by atoms with van der Waals surface area (Å²) in [5, 5.41) is 2.86. The number of anilines is 3. The summed E-state index contributed by atoms with van der Waals surface area (Å²) in [4.78, 5) is 30.1. The van der Waals surface area contributed by atoms with E-state index in [0.717, 1.165) is 12.3 Å². The zero-order chi connectivity index (χ0) is 24.8. The van der Waals surface area contributed by atoms with Gasteiger partial charge in [-0.3, -0.25) is 23.4 Å². The summed E-state index contributed by atoms with van der Waals surface area (Å²) >= 11 is 0. The highest BCUT2D eigenvalue weighted by Gasteiger charge is 2.33. The summed E-state index contributed by atoms with van der Waals surface area (Å²) in [5.74, 6) is -1.55. The molecule has 1 fully saturated rings. The van der Waals surface area contributed by atoms with Crippen LogP contribution in [-0.4, -0.2) is 47.3 Å². The molecule has 1 unspecified atom stereocenters. The Hall–Kier alpha value is -3.29. The number of nitrogens with zero attached hydrogens (tertiary/aromatic N) is 3. The van der Waals surface area contributed by atoms with Crippen molar-refractivity contribution in [2.75, 3.05) is 22.9 Å². The lowest BCUT2D eigenvalue weighted by Crippen LogP contribution is -2.31. The van der Waals surface area contributed by atoms with E-state index >= 15 is 0 Å². The van der Waals surface area contributed by atoms with Crippen molar-refractivity contribution in [1.82, 2.24) is 14.1 Å². The third kappa shape index (κ3) is 4.95. The first-order valence-electron chi connectivity index (χ1n) is 10.3. The van der Waals surface area contributed by atoms with E-state index in [1.807, 2.05) is 0 Å². The highest BCUT2D eigenvalue weighted by Crippen LogP contribution is 2.26. The third-order valence-corrected chi connectivity index (χ3v) is 5.82. The number of aryl methyl sites for hydroxylation is 1. The van der Waals surface area contributed by atoms with Crippen LogP contribution >= 0.6 is 0 Å². The van der Waals surface area contributed by atoms with Crippen LogP contribution in [0.25, 0.3) is 11.0 Å². The van der Waals surface area contributed by atoms with Crippen molar-refractivity contribution in [2.24, 2.45) is 7.05 Å². The Labute approximate surface area is 194 Å². The van der Waals surface area contributed by atoms with E-state index in [9.17, 15) is 22.4 Å². The number of pyridine rings is 1. The molecule has 2 N–H and O–H groups in total. The highest BCUT2D eigenvalue weighted by molar-refractivity contribution is 7.92. The molecule has 13 heteroatoms. The van der Waals surface area contributed by atoms with Gasteiger partial charge >= 0.3 is 0 Å². The third-order valence-electron chi connectivity index (χ3n) is 5.21. The predicted molar refractivity (Wildman–Crippen MR) is 124 cm³/mol. The SMILES string of the molecule is Cn1c(=O)cc(Nc2ccc(NS(C)(=O)=O)cc2F)c2c(=O)n(CC3COC(C)(C)O3)cnc21. The van der Waals surface area contributed by atoms with Crippen molar-refractivity contribution in [3.05, 3.63) is 57.1 Å². The molecule has 1 atom stereocenters. The first-order chi connectivity index (χ1) is 15.8. The Balaban J connectivity index is 1.74. The van der Waals surface area contributed by atoms with Crippen LogP contribution in [-0.2, 0) is 33.1 Å². The maximum atomic E-state index is 14.7. The standard InChI is InChI=1S/C21H24FN5O6S/c1-21(2)32-10-13(33-21)9-27-11-23-19-18(20(27)29)16(8-17(28)26(19)3)24-15-6-5-12(7-14(15)22)25-34(4,30)31/h5-8,11,13,24-25H,9-10H2,1-4H3. The van der Waals surface area contributed by atoms with Crippen molar-refractivity contribution < 1.29 is 22.3 Å². The molecule has 1 aromatic carbocycles. The summed E-state index contributed by atoms with van der Waals surface area (Å²) in [7, 11) is -2.11. The van der Waals surface area contributed by atoms with E-state index in [2.05, 4.69) is 15.0 Å². The Kier molecular flexibility index (Phi) is 5.96. The smallest absolute Gasteiger partial charge is 0.264 e. The zero-order valence-corrected chi connectivity index (χ0v) is 19.8. The van der Waals surface area contributed by atoms with Gasteiger partial charge in [-0.2, -0.15) is 0 Å². The van der Waals surface area contributed by atoms with Crippen molar-refractivity contribution >= 4 is 38.1 Å². The number of benzene rings is 1. The van der Waals surface area contributed by atoms with Gasteiger partial charge in [-0.05, 0) is 26.0 Å². The first kappa shape index (κ1) is 23.9. The molecule has 3 heterocycles. The van der Waals surface area contributed by atoms with Gasteiger partial charge < -0.3 is 14.8 Å². The Morgan fingerprint density at radius 2 is 1.97 bits per heavy atom. The number of hydrogen-bond donors (Lipinski definition) is 2. The van der Waals surface area contributed by atoms with Crippen molar-refractivity contribution in [1.29, 1.82) is 0 Å². The number of rotatable bonds is 6. The van der Waals surface area contributed by atoms with E-state index in [1.54, 1.807) is 13.8 Å². The van der Waals surface area contributed by atoms with Crippen LogP contribution in [0.1, 0.15) is 13.8 Å². The topological polar surface area (TPSA) is 134 Å². The number of ether oxygens (including phenoxy) is 2. The van der Waals surface area contributed by atoms with Crippen LogP contribution in [0.4, 0.5) is 21.5 Å². The van der Waals surface area contributed by atoms with Crippen LogP contribution in [0.3, 0.4) is 0 Å². The number of aromatic nitrogens is 3. The molecule has 1 aliphatic rings. The first-order valence-corrected chi connectivity index (χ1v) is 12.2. The van der Waals surface area contributed by atoms with E-state index < -0.39 is 32.7 Å². The molecule has 4 rings (SSSR count). The van der Waals surface area contributed by atoms with E-state index in [1.165, 1.54) is 40.7 Å². The second-order valence-electron chi connectivity index (χ2n) is 8.50. The molecule has 0 saturated carbocycles. The summed E-state index contributed by atoms with van der Waals surface area (Å²) in [5.41, 5.74) is -0.743. The van der Waals surface area contributed by atoms with Crippen molar-refractivity contribution in [3.8, 4) is 0 Å². The monoisotopic (exact) mass is 493 g/mol. The molecular formula is C21H24FN5O6S. The van der Waals surface area contributed by atoms with Gasteiger partial charge in [-0.1, -0.05) is 0 Å². The second kappa shape index (κ2) is 8.49. The molecule has 0 aliphatic carbocycles. The van der Waals surface area contributed by atoms with E-state index in [-0.39, 0.29) is 40.7 Å². The Bertz CT molecular complexity index is 1500. The molecule has 11 nitrogen and oxygen atoms in total. The van der Waals surface area contributed by atoms with Crippen molar-refractivity contribution in [3.63, 3.8) is 0 Å². The minimum Gasteiger partial charge on any atom is -0.352 e. The lowest BCUT2D eigenvalue weighted by Gasteiger charge is -2.18. The fraction of sp³-hybridized carbons (Fsp3) is 0.381. The van der Waals surface area contributed by atoms with Gasteiger partial charge in [0.15, 0.2) is 11.4 Å². The summed E-state index contributed by atoms with van der Waals surface area (Å²) in [6.07, 6.45) is 1.91. The zero-order valence-electron chi connectivity index (χ0n) is 19.0. The van der Waals surface area contributed by atoms with Gasteiger partial charge in [0.1, 0.15) is 23.6 Å². The number of fused-ring (bicyclic) bond motifs is 1. The number of hydrogen-bond acceptors (Lipinski definition) is 8. The number of sulfonamides is 1.